The normalized spacial score (nSPS) is 11.2. The van der Waals surface area contributed by atoms with Gasteiger partial charge in [0.15, 0.2) is 0 Å². The van der Waals surface area contributed by atoms with E-state index in [1.54, 1.807) is 6.20 Å². The number of nitrogens with one attached hydrogen (secondary N) is 1. The first-order valence-electron chi connectivity index (χ1n) is 6.88. The predicted molar refractivity (Wildman–Crippen MR) is 85.2 cm³/mol. The highest BCUT2D eigenvalue weighted by atomic mass is 16.5. The van der Waals surface area contributed by atoms with Crippen LogP contribution in [0.2, 0.25) is 0 Å². The highest BCUT2D eigenvalue weighted by molar-refractivity contribution is 5.98. The van der Waals surface area contributed by atoms with Crippen LogP contribution < -0.4 is 10.5 Å². The Bertz CT molecular complexity index is 672. The lowest BCUT2D eigenvalue weighted by Crippen LogP contribution is -2.16. The molecule has 4 nitrogen and oxygen atoms in total. The molecule has 0 unspecified atom stereocenters. The number of nitrogen functional groups attached to an aromatic ring is 1. The van der Waals surface area contributed by atoms with E-state index in [2.05, 4.69) is 25.8 Å². The Hall–Kier alpha value is -2.36. The van der Waals surface area contributed by atoms with E-state index in [0.29, 0.717) is 11.4 Å². The third-order valence-electron chi connectivity index (χ3n) is 3.30. The summed E-state index contributed by atoms with van der Waals surface area (Å²) in [6.07, 6.45) is 1.66. The number of hydrogen-bond acceptors (Lipinski definition) is 3. The molecule has 0 bridgehead atoms. The molecule has 21 heavy (non-hydrogen) atoms. The Kier molecular flexibility index (Phi) is 3.98. The molecule has 1 aromatic heterocycles. The van der Waals surface area contributed by atoms with Gasteiger partial charge in [0.05, 0.1) is 5.56 Å². The molecule has 4 heteroatoms. The van der Waals surface area contributed by atoms with Gasteiger partial charge in [0.1, 0.15) is 11.6 Å². The second-order valence-corrected chi connectivity index (χ2v) is 6.07. The van der Waals surface area contributed by atoms with Crippen LogP contribution in [0.4, 0.5) is 0 Å². The van der Waals surface area contributed by atoms with E-state index in [1.165, 1.54) is 0 Å². The molecular formula is C17H21N3O. The summed E-state index contributed by atoms with van der Waals surface area (Å²) in [7, 11) is 0. The molecule has 0 fully saturated rings. The summed E-state index contributed by atoms with van der Waals surface area (Å²) in [6, 6.07) is 9.68. The minimum Gasteiger partial charge on any atom is -0.438 e. The summed E-state index contributed by atoms with van der Waals surface area (Å²) in [5, 5.41) is 7.72. The molecule has 2 aromatic rings. The largest absolute Gasteiger partial charge is 0.438 e. The number of benzene rings is 1. The lowest BCUT2D eigenvalue weighted by atomic mass is 9.86. The zero-order valence-electron chi connectivity index (χ0n) is 12.9. The Balaban J connectivity index is 2.50. The van der Waals surface area contributed by atoms with E-state index in [0.717, 1.165) is 16.9 Å². The zero-order valence-corrected chi connectivity index (χ0v) is 12.9. The molecule has 0 aliphatic rings. The SMILES string of the molecule is Cc1ccnc(Oc2ccccc2C(C)(C)C)c1C(=N)N. The first-order valence-corrected chi connectivity index (χ1v) is 6.88. The fourth-order valence-electron chi connectivity index (χ4n) is 2.22. The number of hydrogen-bond donors (Lipinski definition) is 2. The maximum atomic E-state index is 7.72. The molecule has 1 heterocycles. The van der Waals surface area contributed by atoms with Crippen LogP contribution in [0.3, 0.4) is 0 Å². The molecule has 3 N–H and O–H groups in total. The highest BCUT2D eigenvalue weighted by Crippen LogP contribution is 2.34. The first-order chi connectivity index (χ1) is 9.80. The maximum Gasteiger partial charge on any atom is 0.230 e. The number of nitrogens with two attached hydrogens (primary N) is 1. The van der Waals surface area contributed by atoms with Crippen LogP contribution in [-0.4, -0.2) is 10.8 Å². The van der Waals surface area contributed by atoms with E-state index in [9.17, 15) is 0 Å². The highest BCUT2D eigenvalue weighted by Gasteiger charge is 2.20. The average molecular weight is 283 g/mol. The maximum absolute atomic E-state index is 7.72. The number of nitrogens with zero attached hydrogens (tertiary/aromatic N) is 1. The van der Waals surface area contributed by atoms with E-state index < -0.39 is 0 Å². The van der Waals surface area contributed by atoms with Gasteiger partial charge in [0.25, 0.3) is 0 Å². The Morgan fingerprint density at radius 3 is 2.48 bits per heavy atom. The molecule has 0 radical (unpaired) electrons. The quantitative estimate of drug-likeness (QED) is 0.665. The molecule has 0 atom stereocenters. The number of para-hydroxylation sites is 1. The van der Waals surface area contributed by atoms with Crippen molar-refractivity contribution >= 4 is 5.84 Å². The molecule has 1 aromatic carbocycles. The Morgan fingerprint density at radius 2 is 1.86 bits per heavy atom. The van der Waals surface area contributed by atoms with Crippen molar-refractivity contribution in [2.24, 2.45) is 5.73 Å². The summed E-state index contributed by atoms with van der Waals surface area (Å²) >= 11 is 0. The van der Waals surface area contributed by atoms with Crippen LogP contribution in [0.25, 0.3) is 0 Å². The van der Waals surface area contributed by atoms with Gasteiger partial charge in [-0.15, -0.1) is 0 Å². The van der Waals surface area contributed by atoms with Crippen molar-refractivity contribution in [2.75, 3.05) is 0 Å². The van der Waals surface area contributed by atoms with Crippen LogP contribution in [-0.2, 0) is 5.41 Å². The fourth-order valence-corrected chi connectivity index (χ4v) is 2.22. The third kappa shape index (κ3) is 3.21. The molecule has 0 aliphatic heterocycles. The lowest BCUT2D eigenvalue weighted by molar-refractivity contribution is 0.438. The van der Waals surface area contributed by atoms with Crippen molar-refractivity contribution in [3.63, 3.8) is 0 Å². The number of pyridine rings is 1. The van der Waals surface area contributed by atoms with Crippen LogP contribution in [0.1, 0.15) is 37.5 Å². The van der Waals surface area contributed by atoms with Crippen LogP contribution >= 0.6 is 0 Å². The van der Waals surface area contributed by atoms with Crippen molar-refractivity contribution in [3.8, 4) is 11.6 Å². The monoisotopic (exact) mass is 283 g/mol. The average Bonchev–Trinajstić information content (AvgIpc) is 2.37. The van der Waals surface area contributed by atoms with E-state index in [1.807, 2.05) is 37.3 Å². The van der Waals surface area contributed by atoms with E-state index in [-0.39, 0.29) is 11.3 Å². The molecule has 0 saturated carbocycles. The summed E-state index contributed by atoms with van der Waals surface area (Å²) in [5.41, 5.74) is 8.12. The van der Waals surface area contributed by atoms with Gasteiger partial charge in [-0.1, -0.05) is 39.0 Å². The van der Waals surface area contributed by atoms with Crippen molar-refractivity contribution in [1.29, 1.82) is 5.41 Å². The molecule has 0 aliphatic carbocycles. The van der Waals surface area contributed by atoms with Crippen LogP contribution in [0.15, 0.2) is 36.5 Å². The van der Waals surface area contributed by atoms with Gasteiger partial charge in [-0.3, -0.25) is 5.41 Å². The summed E-state index contributed by atoms with van der Waals surface area (Å²) in [6.45, 7) is 8.28. The van der Waals surface area contributed by atoms with Gasteiger partial charge in [-0.25, -0.2) is 4.98 Å². The molecular weight excluding hydrogens is 262 g/mol. The van der Waals surface area contributed by atoms with Gasteiger partial charge in [0, 0.05) is 11.8 Å². The smallest absolute Gasteiger partial charge is 0.230 e. The van der Waals surface area contributed by atoms with Crippen LogP contribution in [0.5, 0.6) is 11.6 Å². The number of amidine groups is 1. The standard InChI is InChI=1S/C17H21N3O/c1-11-9-10-20-16(14(11)15(18)19)21-13-8-6-5-7-12(13)17(2,3)4/h5-10H,1-4H3,(H3,18,19). The van der Waals surface area contributed by atoms with Gasteiger partial charge >= 0.3 is 0 Å². The molecule has 0 spiro atoms. The second kappa shape index (κ2) is 5.56. The van der Waals surface area contributed by atoms with Crippen molar-refractivity contribution in [3.05, 3.63) is 53.2 Å². The fraction of sp³-hybridized carbons (Fsp3) is 0.294. The zero-order chi connectivity index (χ0) is 15.6. The van der Waals surface area contributed by atoms with Crippen molar-refractivity contribution < 1.29 is 4.74 Å². The summed E-state index contributed by atoms with van der Waals surface area (Å²) in [4.78, 5) is 4.24. The van der Waals surface area contributed by atoms with Crippen molar-refractivity contribution in [1.82, 2.24) is 4.98 Å². The van der Waals surface area contributed by atoms with Gasteiger partial charge < -0.3 is 10.5 Å². The molecule has 0 saturated heterocycles. The van der Waals surface area contributed by atoms with Gasteiger partial charge in [-0.05, 0) is 30.0 Å². The summed E-state index contributed by atoms with van der Waals surface area (Å²) in [5.74, 6) is 1.08. The summed E-state index contributed by atoms with van der Waals surface area (Å²) < 4.78 is 5.98. The number of aryl methyl sites for hydroxylation is 1. The van der Waals surface area contributed by atoms with Gasteiger partial charge in [0.2, 0.25) is 5.88 Å². The van der Waals surface area contributed by atoms with Gasteiger partial charge in [-0.2, -0.15) is 0 Å². The van der Waals surface area contributed by atoms with E-state index >= 15 is 0 Å². The number of rotatable bonds is 3. The minimum absolute atomic E-state index is 0.0381. The predicted octanol–water partition coefficient (Wildman–Crippen LogP) is 3.76. The minimum atomic E-state index is -0.0448. The molecule has 0 amide bonds. The first kappa shape index (κ1) is 15.0. The lowest BCUT2D eigenvalue weighted by Gasteiger charge is -2.22. The third-order valence-corrected chi connectivity index (χ3v) is 3.30. The Labute approximate surface area is 125 Å². The topological polar surface area (TPSA) is 72.0 Å². The number of aromatic nitrogens is 1. The molecule has 110 valence electrons. The Morgan fingerprint density at radius 1 is 1.19 bits per heavy atom. The molecule has 2 rings (SSSR count). The number of ether oxygens (including phenoxy) is 1. The van der Waals surface area contributed by atoms with E-state index in [4.69, 9.17) is 15.9 Å². The second-order valence-electron chi connectivity index (χ2n) is 6.07. The van der Waals surface area contributed by atoms with Crippen molar-refractivity contribution in [2.45, 2.75) is 33.1 Å². The van der Waals surface area contributed by atoms with Crippen LogP contribution in [0, 0.1) is 12.3 Å².